The zero-order valence-electron chi connectivity index (χ0n) is 9.82. The molecule has 0 saturated heterocycles. The highest BCUT2D eigenvalue weighted by atomic mass is 79.9. The molecule has 1 aromatic heterocycles. The largest absolute Gasteiger partial charge is 0.494 e. The van der Waals surface area contributed by atoms with Crippen LogP contribution in [-0.2, 0) is 0 Å². The third kappa shape index (κ3) is 1.99. The standard InChI is InChI=1S/C12H11BrN2O3/c1-6-3-4-8(13)5-9(6)15-11(17)7(2)10(16)14-12(15)18/h3-5,17H,1-2H3,(H,14,16,18). The molecular weight excluding hydrogens is 300 g/mol. The van der Waals surface area contributed by atoms with Crippen molar-refractivity contribution in [3.63, 3.8) is 0 Å². The Bertz CT molecular complexity index is 731. The number of rotatable bonds is 1. The number of aryl methyl sites for hydroxylation is 1. The number of aromatic nitrogens is 2. The summed E-state index contributed by atoms with van der Waals surface area (Å²) in [5, 5.41) is 9.96. The first-order chi connectivity index (χ1) is 8.41. The first-order valence-corrected chi connectivity index (χ1v) is 6.02. The topological polar surface area (TPSA) is 75.1 Å². The molecule has 1 aromatic carbocycles. The van der Waals surface area contributed by atoms with Crippen LogP contribution in [0.3, 0.4) is 0 Å². The monoisotopic (exact) mass is 310 g/mol. The number of hydrogen-bond donors (Lipinski definition) is 2. The lowest BCUT2D eigenvalue weighted by Crippen LogP contribution is -2.30. The van der Waals surface area contributed by atoms with Gasteiger partial charge in [-0.3, -0.25) is 9.78 Å². The fraction of sp³-hybridized carbons (Fsp3) is 0.167. The highest BCUT2D eigenvalue weighted by molar-refractivity contribution is 9.10. The lowest BCUT2D eigenvalue weighted by atomic mass is 10.2. The van der Waals surface area contributed by atoms with E-state index >= 15 is 0 Å². The fourth-order valence-corrected chi connectivity index (χ4v) is 2.01. The molecule has 6 heteroatoms. The number of hydrogen-bond acceptors (Lipinski definition) is 3. The van der Waals surface area contributed by atoms with E-state index in [1.165, 1.54) is 6.92 Å². The molecule has 0 aliphatic carbocycles. The Labute approximate surface area is 111 Å². The second kappa shape index (κ2) is 4.45. The van der Waals surface area contributed by atoms with E-state index in [-0.39, 0.29) is 11.4 Å². The molecule has 2 aromatic rings. The number of nitrogens with one attached hydrogen (secondary N) is 1. The molecule has 0 bridgehead atoms. The van der Waals surface area contributed by atoms with Gasteiger partial charge >= 0.3 is 5.69 Å². The zero-order chi connectivity index (χ0) is 13.4. The van der Waals surface area contributed by atoms with Crippen molar-refractivity contribution < 1.29 is 5.11 Å². The van der Waals surface area contributed by atoms with E-state index in [9.17, 15) is 14.7 Å². The van der Waals surface area contributed by atoms with Crippen LogP contribution in [0.4, 0.5) is 0 Å². The summed E-state index contributed by atoms with van der Waals surface area (Å²) >= 11 is 3.31. The minimum absolute atomic E-state index is 0.106. The molecule has 2 rings (SSSR count). The molecule has 18 heavy (non-hydrogen) atoms. The molecule has 0 amide bonds. The maximum atomic E-state index is 11.8. The molecule has 0 radical (unpaired) electrons. The van der Waals surface area contributed by atoms with Gasteiger partial charge in [0.2, 0.25) is 5.88 Å². The minimum atomic E-state index is -0.663. The van der Waals surface area contributed by atoms with Crippen molar-refractivity contribution in [2.45, 2.75) is 13.8 Å². The Morgan fingerprint density at radius 2 is 1.94 bits per heavy atom. The summed E-state index contributed by atoms with van der Waals surface area (Å²) in [7, 11) is 0. The SMILES string of the molecule is Cc1ccc(Br)cc1-n1c(O)c(C)c(=O)[nH]c1=O. The van der Waals surface area contributed by atoms with Gasteiger partial charge in [0.05, 0.1) is 11.3 Å². The maximum Gasteiger partial charge on any atom is 0.335 e. The number of H-pyrrole nitrogens is 1. The van der Waals surface area contributed by atoms with Gasteiger partial charge in [-0.2, -0.15) is 0 Å². The van der Waals surface area contributed by atoms with Crippen LogP contribution >= 0.6 is 15.9 Å². The Morgan fingerprint density at radius 1 is 1.28 bits per heavy atom. The maximum absolute atomic E-state index is 11.8. The summed E-state index contributed by atoms with van der Waals surface area (Å²) in [6.07, 6.45) is 0. The molecule has 5 nitrogen and oxygen atoms in total. The molecule has 0 atom stereocenters. The molecular formula is C12H11BrN2O3. The summed E-state index contributed by atoms with van der Waals surface area (Å²) in [5.41, 5.74) is 0.188. The van der Waals surface area contributed by atoms with Crippen molar-refractivity contribution >= 4 is 15.9 Å². The first-order valence-electron chi connectivity index (χ1n) is 5.23. The van der Waals surface area contributed by atoms with Crippen LogP contribution in [-0.4, -0.2) is 14.7 Å². The molecule has 94 valence electrons. The fourth-order valence-electron chi connectivity index (χ4n) is 1.66. The molecule has 0 unspecified atom stereocenters. The first kappa shape index (κ1) is 12.6. The van der Waals surface area contributed by atoms with Crippen LogP contribution in [0.2, 0.25) is 0 Å². The summed E-state index contributed by atoms with van der Waals surface area (Å²) in [4.78, 5) is 25.3. The van der Waals surface area contributed by atoms with Gasteiger partial charge in [0.15, 0.2) is 0 Å². The van der Waals surface area contributed by atoms with Gasteiger partial charge in [-0.1, -0.05) is 22.0 Å². The number of nitrogens with zero attached hydrogens (tertiary/aromatic N) is 1. The third-order valence-electron chi connectivity index (χ3n) is 2.72. The Kier molecular flexibility index (Phi) is 3.13. The summed E-state index contributed by atoms with van der Waals surface area (Å²) in [5.74, 6) is -0.343. The molecule has 0 spiro atoms. The van der Waals surface area contributed by atoms with Crippen LogP contribution in [0.5, 0.6) is 5.88 Å². The van der Waals surface area contributed by atoms with Gasteiger partial charge in [-0.05, 0) is 31.5 Å². The van der Waals surface area contributed by atoms with E-state index in [2.05, 4.69) is 20.9 Å². The van der Waals surface area contributed by atoms with E-state index in [0.29, 0.717) is 5.69 Å². The molecule has 0 saturated carbocycles. The van der Waals surface area contributed by atoms with E-state index < -0.39 is 11.2 Å². The minimum Gasteiger partial charge on any atom is -0.494 e. The second-order valence-electron chi connectivity index (χ2n) is 3.97. The van der Waals surface area contributed by atoms with Crippen molar-refractivity contribution in [3.8, 4) is 11.6 Å². The summed E-state index contributed by atoms with van der Waals surface area (Å²) < 4.78 is 1.86. The Balaban J connectivity index is 2.88. The van der Waals surface area contributed by atoms with Crippen molar-refractivity contribution in [3.05, 3.63) is 54.6 Å². The predicted octanol–water partition coefficient (Wildman–Crippen LogP) is 1.61. The van der Waals surface area contributed by atoms with Crippen LogP contribution in [0, 0.1) is 13.8 Å². The molecule has 0 fully saturated rings. The van der Waals surface area contributed by atoms with Gasteiger partial charge < -0.3 is 5.11 Å². The summed E-state index contributed by atoms with van der Waals surface area (Å²) in [6, 6.07) is 5.35. The van der Waals surface area contributed by atoms with Crippen molar-refractivity contribution in [1.82, 2.24) is 9.55 Å². The van der Waals surface area contributed by atoms with Gasteiger partial charge in [-0.15, -0.1) is 0 Å². The second-order valence-corrected chi connectivity index (χ2v) is 4.89. The highest BCUT2D eigenvalue weighted by Gasteiger charge is 2.13. The van der Waals surface area contributed by atoms with Crippen LogP contribution in [0.25, 0.3) is 5.69 Å². The Morgan fingerprint density at radius 3 is 2.61 bits per heavy atom. The predicted molar refractivity (Wildman–Crippen MR) is 71.5 cm³/mol. The Hall–Kier alpha value is -1.82. The quantitative estimate of drug-likeness (QED) is 0.840. The van der Waals surface area contributed by atoms with Crippen molar-refractivity contribution in [1.29, 1.82) is 0 Å². The number of aromatic hydroxyl groups is 1. The van der Waals surface area contributed by atoms with E-state index in [0.717, 1.165) is 14.6 Å². The lowest BCUT2D eigenvalue weighted by molar-refractivity contribution is 0.426. The number of benzene rings is 1. The molecule has 1 heterocycles. The van der Waals surface area contributed by atoms with E-state index in [4.69, 9.17) is 0 Å². The molecule has 0 aliphatic heterocycles. The average molecular weight is 311 g/mol. The smallest absolute Gasteiger partial charge is 0.335 e. The number of aromatic amines is 1. The zero-order valence-corrected chi connectivity index (χ0v) is 11.4. The van der Waals surface area contributed by atoms with Gasteiger partial charge in [-0.25, -0.2) is 9.36 Å². The summed E-state index contributed by atoms with van der Waals surface area (Å²) in [6.45, 7) is 3.27. The van der Waals surface area contributed by atoms with Crippen LogP contribution in [0.15, 0.2) is 32.3 Å². The highest BCUT2D eigenvalue weighted by Crippen LogP contribution is 2.22. The van der Waals surface area contributed by atoms with Gasteiger partial charge in [0.25, 0.3) is 5.56 Å². The normalized spacial score (nSPS) is 10.6. The van der Waals surface area contributed by atoms with Crippen LogP contribution in [0.1, 0.15) is 11.1 Å². The van der Waals surface area contributed by atoms with E-state index in [1.807, 2.05) is 19.1 Å². The van der Waals surface area contributed by atoms with E-state index in [1.54, 1.807) is 6.07 Å². The average Bonchev–Trinajstić information content (AvgIpc) is 2.31. The number of halogens is 1. The molecule has 0 aliphatic rings. The van der Waals surface area contributed by atoms with Crippen LogP contribution < -0.4 is 11.2 Å². The van der Waals surface area contributed by atoms with Crippen molar-refractivity contribution in [2.75, 3.05) is 0 Å². The van der Waals surface area contributed by atoms with Gasteiger partial charge in [0, 0.05) is 4.47 Å². The lowest BCUT2D eigenvalue weighted by Gasteiger charge is -2.12. The molecule has 2 N–H and O–H groups in total. The third-order valence-corrected chi connectivity index (χ3v) is 3.22. The van der Waals surface area contributed by atoms with Crippen molar-refractivity contribution in [2.24, 2.45) is 0 Å². The van der Waals surface area contributed by atoms with Gasteiger partial charge in [0.1, 0.15) is 0 Å².